The SMILES string of the molecule is COc1ccc(NC(=O)c2ccc(CN)cc2)cc1N1CCCC1=O.Cl. The van der Waals surface area contributed by atoms with Crippen molar-refractivity contribution >= 4 is 35.6 Å². The lowest BCUT2D eigenvalue weighted by Gasteiger charge is -2.20. The number of methoxy groups -OCH3 is 1. The van der Waals surface area contributed by atoms with E-state index in [0.29, 0.717) is 42.2 Å². The summed E-state index contributed by atoms with van der Waals surface area (Å²) in [6.45, 7) is 1.10. The van der Waals surface area contributed by atoms with Gasteiger partial charge in [0.25, 0.3) is 5.91 Å². The molecule has 6 nitrogen and oxygen atoms in total. The van der Waals surface area contributed by atoms with Crippen molar-refractivity contribution in [3.63, 3.8) is 0 Å². The first kappa shape index (κ1) is 19.8. The molecule has 2 aromatic carbocycles. The zero-order valence-corrected chi connectivity index (χ0v) is 15.3. The first-order valence-electron chi connectivity index (χ1n) is 8.21. The minimum atomic E-state index is -0.215. The number of nitrogens with zero attached hydrogens (tertiary/aromatic N) is 1. The first-order valence-corrected chi connectivity index (χ1v) is 8.21. The highest BCUT2D eigenvalue weighted by Crippen LogP contribution is 2.34. The molecular weight excluding hydrogens is 354 g/mol. The van der Waals surface area contributed by atoms with Crippen molar-refractivity contribution in [3.05, 3.63) is 53.6 Å². The van der Waals surface area contributed by atoms with Crippen LogP contribution in [0.25, 0.3) is 0 Å². The van der Waals surface area contributed by atoms with E-state index in [1.165, 1.54) is 0 Å². The van der Waals surface area contributed by atoms with Crippen LogP contribution in [0.3, 0.4) is 0 Å². The number of hydrogen-bond donors (Lipinski definition) is 2. The van der Waals surface area contributed by atoms with Crippen LogP contribution >= 0.6 is 12.4 Å². The summed E-state index contributed by atoms with van der Waals surface area (Å²) < 4.78 is 5.36. The van der Waals surface area contributed by atoms with Crippen LogP contribution in [0.4, 0.5) is 11.4 Å². The second-order valence-electron chi connectivity index (χ2n) is 5.89. The number of benzene rings is 2. The van der Waals surface area contributed by atoms with Crippen LogP contribution in [-0.2, 0) is 11.3 Å². The van der Waals surface area contributed by atoms with Gasteiger partial charge < -0.3 is 20.7 Å². The van der Waals surface area contributed by atoms with Gasteiger partial charge in [0, 0.05) is 30.8 Å². The van der Waals surface area contributed by atoms with Crippen LogP contribution in [0.15, 0.2) is 42.5 Å². The van der Waals surface area contributed by atoms with Crippen LogP contribution in [0.1, 0.15) is 28.8 Å². The summed E-state index contributed by atoms with van der Waals surface area (Å²) in [4.78, 5) is 26.1. The summed E-state index contributed by atoms with van der Waals surface area (Å²) in [5, 5.41) is 2.86. The molecule has 2 amide bonds. The molecule has 1 aliphatic rings. The number of nitrogens with two attached hydrogens (primary N) is 1. The standard InChI is InChI=1S/C19H21N3O3.ClH/c1-25-17-9-8-15(11-16(17)22-10-2-3-18(22)23)21-19(24)14-6-4-13(12-20)5-7-14;/h4-9,11H,2-3,10,12,20H2,1H3,(H,21,24);1H. The lowest BCUT2D eigenvalue weighted by Crippen LogP contribution is -2.24. The summed E-state index contributed by atoms with van der Waals surface area (Å²) in [5.41, 5.74) is 8.38. The minimum absolute atomic E-state index is 0. The number of carbonyl (C=O) groups is 2. The third-order valence-corrected chi connectivity index (χ3v) is 4.25. The highest BCUT2D eigenvalue weighted by molar-refractivity contribution is 6.05. The number of nitrogens with one attached hydrogen (secondary N) is 1. The molecule has 7 heteroatoms. The van der Waals surface area contributed by atoms with Crippen molar-refractivity contribution < 1.29 is 14.3 Å². The molecule has 1 saturated heterocycles. The number of amides is 2. The highest BCUT2D eigenvalue weighted by atomic mass is 35.5. The van der Waals surface area contributed by atoms with Crippen molar-refractivity contribution in [2.75, 3.05) is 23.9 Å². The van der Waals surface area contributed by atoms with Crippen LogP contribution in [0.5, 0.6) is 5.75 Å². The van der Waals surface area contributed by atoms with Crippen molar-refractivity contribution in [2.24, 2.45) is 5.73 Å². The van der Waals surface area contributed by atoms with E-state index in [2.05, 4.69) is 5.32 Å². The highest BCUT2D eigenvalue weighted by Gasteiger charge is 2.24. The molecule has 0 saturated carbocycles. The molecule has 3 rings (SSSR count). The third-order valence-electron chi connectivity index (χ3n) is 4.25. The summed E-state index contributed by atoms with van der Waals surface area (Å²) in [6, 6.07) is 12.4. The molecule has 0 bridgehead atoms. The maximum absolute atomic E-state index is 12.4. The van der Waals surface area contributed by atoms with Crippen molar-refractivity contribution in [1.82, 2.24) is 0 Å². The molecule has 1 fully saturated rings. The smallest absolute Gasteiger partial charge is 0.255 e. The van der Waals surface area contributed by atoms with Gasteiger partial charge in [-0.25, -0.2) is 0 Å². The van der Waals surface area contributed by atoms with Crippen molar-refractivity contribution in [3.8, 4) is 5.75 Å². The van der Waals surface area contributed by atoms with Gasteiger partial charge in [-0.2, -0.15) is 0 Å². The Morgan fingerprint density at radius 2 is 1.96 bits per heavy atom. The molecule has 0 aliphatic carbocycles. The van der Waals surface area contributed by atoms with Gasteiger partial charge in [0.2, 0.25) is 5.91 Å². The number of ether oxygens (including phenoxy) is 1. The van der Waals surface area contributed by atoms with Gasteiger partial charge in [-0.05, 0) is 42.3 Å². The molecule has 0 radical (unpaired) electrons. The average molecular weight is 376 g/mol. The maximum Gasteiger partial charge on any atom is 0.255 e. The zero-order chi connectivity index (χ0) is 17.8. The van der Waals surface area contributed by atoms with Crippen LogP contribution in [0.2, 0.25) is 0 Å². The van der Waals surface area contributed by atoms with E-state index in [1.807, 2.05) is 12.1 Å². The molecule has 138 valence electrons. The van der Waals surface area contributed by atoms with E-state index in [-0.39, 0.29) is 24.2 Å². The van der Waals surface area contributed by atoms with E-state index in [9.17, 15) is 9.59 Å². The number of carbonyl (C=O) groups excluding carboxylic acids is 2. The largest absolute Gasteiger partial charge is 0.495 e. The summed E-state index contributed by atoms with van der Waals surface area (Å²) in [5.74, 6) is 0.465. The normalized spacial score (nSPS) is 13.3. The minimum Gasteiger partial charge on any atom is -0.495 e. The molecule has 1 heterocycles. The van der Waals surface area contributed by atoms with Crippen molar-refractivity contribution in [2.45, 2.75) is 19.4 Å². The number of rotatable bonds is 5. The predicted molar refractivity (Wildman–Crippen MR) is 104 cm³/mol. The fourth-order valence-corrected chi connectivity index (χ4v) is 2.88. The van der Waals surface area contributed by atoms with Gasteiger partial charge in [-0.15, -0.1) is 12.4 Å². The van der Waals surface area contributed by atoms with E-state index >= 15 is 0 Å². The predicted octanol–water partition coefficient (Wildman–Crippen LogP) is 2.95. The van der Waals surface area contributed by atoms with Gasteiger partial charge >= 0.3 is 0 Å². The van der Waals surface area contributed by atoms with E-state index in [4.69, 9.17) is 10.5 Å². The zero-order valence-electron chi connectivity index (χ0n) is 14.5. The van der Waals surface area contributed by atoms with Crippen molar-refractivity contribution in [1.29, 1.82) is 0 Å². The van der Waals surface area contributed by atoms with Gasteiger partial charge in [0.1, 0.15) is 5.75 Å². The average Bonchev–Trinajstić information content (AvgIpc) is 3.07. The Kier molecular flexibility index (Phi) is 6.60. The Labute approximate surface area is 158 Å². The monoisotopic (exact) mass is 375 g/mol. The fraction of sp³-hybridized carbons (Fsp3) is 0.263. The second kappa shape index (κ2) is 8.69. The Balaban J connectivity index is 0.00000243. The Bertz CT molecular complexity index is 793. The van der Waals surface area contributed by atoms with Gasteiger partial charge in [0.15, 0.2) is 0 Å². The van der Waals surface area contributed by atoms with Crippen LogP contribution < -0.4 is 20.7 Å². The number of halogens is 1. The maximum atomic E-state index is 12.4. The first-order chi connectivity index (χ1) is 12.1. The van der Waals surface area contributed by atoms with E-state index < -0.39 is 0 Å². The molecule has 0 spiro atoms. The lowest BCUT2D eigenvalue weighted by atomic mass is 10.1. The topological polar surface area (TPSA) is 84.7 Å². The number of anilines is 2. The summed E-state index contributed by atoms with van der Waals surface area (Å²) in [6.07, 6.45) is 1.36. The molecular formula is C19H22ClN3O3. The Morgan fingerprint density at radius 1 is 1.23 bits per heavy atom. The Hall–Kier alpha value is -2.57. The summed E-state index contributed by atoms with van der Waals surface area (Å²) >= 11 is 0. The van der Waals surface area contributed by atoms with E-state index in [0.717, 1.165) is 12.0 Å². The second-order valence-corrected chi connectivity index (χ2v) is 5.89. The molecule has 0 unspecified atom stereocenters. The molecule has 26 heavy (non-hydrogen) atoms. The van der Waals surface area contributed by atoms with E-state index in [1.54, 1.807) is 42.3 Å². The molecule has 2 aromatic rings. The van der Waals surface area contributed by atoms with Gasteiger partial charge in [0.05, 0.1) is 12.8 Å². The van der Waals surface area contributed by atoms with Crippen LogP contribution in [0, 0.1) is 0 Å². The fourth-order valence-electron chi connectivity index (χ4n) is 2.88. The lowest BCUT2D eigenvalue weighted by molar-refractivity contribution is -0.117. The summed E-state index contributed by atoms with van der Waals surface area (Å²) in [7, 11) is 1.57. The number of hydrogen-bond acceptors (Lipinski definition) is 4. The molecule has 1 aliphatic heterocycles. The molecule has 0 aromatic heterocycles. The quantitative estimate of drug-likeness (QED) is 0.841. The molecule has 0 atom stereocenters. The Morgan fingerprint density at radius 3 is 2.54 bits per heavy atom. The third kappa shape index (κ3) is 4.15. The van der Waals surface area contributed by atoms with Crippen LogP contribution in [-0.4, -0.2) is 25.5 Å². The van der Waals surface area contributed by atoms with Gasteiger partial charge in [-0.1, -0.05) is 12.1 Å². The van der Waals surface area contributed by atoms with Gasteiger partial charge in [-0.3, -0.25) is 9.59 Å². The molecule has 3 N–H and O–H groups in total.